The molecule has 0 saturated carbocycles. The van der Waals surface area contributed by atoms with Crippen molar-refractivity contribution < 1.29 is 14.0 Å². The zero-order chi connectivity index (χ0) is 17.1. The number of carbonyl (C=O) groups excluding carboxylic acids is 2. The summed E-state index contributed by atoms with van der Waals surface area (Å²) in [6.45, 7) is 5.36. The number of likely N-dealkylation sites (tertiary alicyclic amines) is 1. The van der Waals surface area contributed by atoms with E-state index in [0.29, 0.717) is 25.5 Å². The average molecular weight is 329 g/mol. The highest BCUT2D eigenvalue weighted by atomic mass is 16.3. The number of hydrogen-bond donors (Lipinski definition) is 1. The molecule has 1 aromatic heterocycles. The van der Waals surface area contributed by atoms with Gasteiger partial charge in [0, 0.05) is 39.4 Å². The predicted octanol–water partition coefficient (Wildman–Crippen LogP) is 2.05. The molecule has 3 rings (SSSR count). The Bertz CT molecular complexity index is 745. The van der Waals surface area contributed by atoms with Crippen molar-refractivity contribution in [3.8, 4) is 0 Å². The van der Waals surface area contributed by atoms with Gasteiger partial charge in [-0.3, -0.25) is 9.59 Å². The van der Waals surface area contributed by atoms with E-state index in [2.05, 4.69) is 10.3 Å². The lowest BCUT2D eigenvalue weighted by molar-refractivity contribution is -0.133. The van der Waals surface area contributed by atoms with Crippen LogP contribution in [0.4, 0.5) is 0 Å². The summed E-state index contributed by atoms with van der Waals surface area (Å²) in [4.78, 5) is 29.6. The summed E-state index contributed by atoms with van der Waals surface area (Å²) in [6.07, 6.45) is 2.25. The Balaban J connectivity index is 1.47. The number of aromatic nitrogens is 1. The third-order valence-electron chi connectivity index (χ3n) is 4.58. The van der Waals surface area contributed by atoms with Crippen molar-refractivity contribution in [2.24, 2.45) is 5.92 Å². The maximum Gasteiger partial charge on any atom is 0.223 e. The van der Waals surface area contributed by atoms with Crippen molar-refractivity contribution >= 4 is 22.9 Å². The van der Waals surface area contributed by atoms with Crippen LogP contribution in [0.1, 0.15) is 31.2 Å². The molecular formula is C18H23N3O3. The number of amides is 2. The Labute approximate surface area is 141 Å². The first-order valence-electron chi connectivity index (χ1n) is 8.42. The average Bonchev–Trinajstić information content (AvgIpc) is 2.94. The first kappa shape index (κ1) is 16.5. The highest BCUT2D eigenvalue weighted by Crippen LogP contribution is 2.18. The zero-order valence-corrected chi connectivity index (χ0v) is 14.2. The third-order valence-corrected chi connectivity index (χ3v) is 4.58. The van der Waals surface area contributed by atoms with E-state index in [1.54, 1.807) is 11.8 Å². The maximum absolute atomic E-state index is 12.2. The lowest BCUT2D eigenvalue weighted by atomic mass is 9.96. The summed E-state index contributed by atoms with van der Waals surface area (Å²) < 4.78 is 5.53. The maximum atomic E-state index is 12.2. The van der Waals surface area contributed by atoms with Crippen molar-refractivity contribution in [2.75, 3.05) is 19.6 Å². The van der Waals surface area contributed by atoms with Gasteiger partial charge in [0.2, 0.25) is 11.8 Å². The number of aryl methyl sites for hydroxylation is 1. The van der Waals surface area contributed by atoms with Gasteiger partial charge in [0.25, 0.3) is 0 Å². The number of benzene rings is 1. The number of piperidine rings is 1. The van der Waals surface area contributed by atoms with Crippen molar-refractivity contribution in [2.45, 2.75) is 33.1 Å². The SMILES string of the molecule is CC(=O)N1CCC(C(=O)NCCc2ccc3nc(C)oc3c2)CC1. The Morgan fingerprint density at radius 2 is 2.08 bits per heavy atom. The fourth-order valence-corrected chi connectivity index (χ4v) is 3.17. The van der Waals surface area contributed by atoms with Crippen LogP contribution in [0.3, 0.4) is 0 Å². The van der Waals surface area contributed by atoms with Crippen LogP contribution in [0.5, 0.6) is 0 Å². The van der Waals surface area contributed by atoms with E-state index in [0.717, 1.165) is 35.9 Å². The molecule has 2 amide bonds. The van der Waals surface area contributed by atoms with Crippen LogP contribution >= 0.6 is 0 Å². The molecule has 24 heavy (non-hydrogen) atoms. The lowest BCUT2D eigenvalue weighted by Crippen LogP contribution is -2.42. The normalized spacial score (nSPS) is 15.7. The minimum Gasteiger partial charge on any atom is -0.441 e. The number of nitrogens with zero attached hydrogens (tertiary/aromatic N) is 2. The van der Waals surface area contributed by atoms with Crippen molar-refractivity contribution in [1.29, 1.82) is 0 Å². The van der Waals surface area contributed by atoms with Gasteiger partial charge in [0.15, 0.2) is 11.5 Å². The number of fused-ring (bicyclic) bond motifs is 1. The summed E-state index contributed by atoms with van der Waals surface area (Å²) >= 11 is 0. The highest BCUT2D eigenvalue weighted by molar-refractivity contribution is 5.79. The van der Waals surface area contributed by atoms with E-state index < -0.39 is 0 Å². The molecule has 6 heteroatoms. The molecule has 0 unspecified atom stereocenters. The van der Waals surface area contributed by atoms with Crippen LogP contribution in [0.15, 0.2) is 22.6 Å². The summed E-state index contributed by atoms with van der Waals surface area (Å²) in [7, 11) is 0. The molecule has 0 atom stereocenters. The monoisotopic (exact) mass is 329 g/mol. The molecule has 0 spiro atoms. The predicted molar refractivity (Wildman–Crippen MR) is 90.4 cm³/mol. The zero-order valence-electron chi connectivity index (χ0n) is 14.2. The van der Waals surface area contributed by atoms with E-state index in [1.165, 1.54) is 0 Å². The van der Waals surface area contributed by atoms with Gasteiger partial charge in [-0.15, -0.1) is 0 Å². The van der Waals surface area contributed by atoms with Crippen LogP contribution in [0.25, 0.3) is 11.1 Å². The van der Waals surface area contributed by atoms with E-state index in [-0.39, 0.29) is 17.7 Å². The summed E-state index contributed by atoms with van der Waals surface area (Å²) in [6, 6.07) is 5.94. The number of carbonyl (C=O) groups is 2. The van der Waals surface area contributed by atoms with Crippen LogP contribution < -0.4 is 5.32 Å². The fourth-order valence-electron chi connectivity index (χ4n) is 3.17. The van der Waals surface area contributed by atoms with Gasteiger partial charge in [0.1, 0.15) is 5.52 Å². The molecule has 2 aromatic rings. The molecule has 1 aliphatic rings. The largest absolute Gasteiger partial charge is 0.441 e. The third kappa shape index (κ3) is 3.75. The molecule has 0 bridgehead atoms. The topological polar surface area (TPSA) is 75.4 Å². The Hall–Kier alpha value is -2.37. The molecule has 1 N–H and O–H groups in total. The van der Waals surface area contributed by atoms with Crippen molar-refractivity contribution in [3.63, 3.8) is 0 Å². The molecule has 6 nitrogen and oxygen atoms in total. The lowest BCUT2D eigenvalue weighted by Gasteiger charge is -2.30. The van der Waals surface area contributed by atoms with Gasteiger partial charge >= 0.3 is 0 Å². The minimum absolute atomic E-state index is 0.0139. The molecule has 2 heterocycles. The van der Waals surface area contributed by atoms with Crippen LogP contribution in [-0.2, 0) is 16.0 Å². The highest BCUT2D eigenvalue weighted by Gasteiger charge is 2.25. The standard InChI is InChI=1S/C18H23N3O3/c1-12-20-16-4-3-14(11-17(16)24-12)5-8-19-18(23)15-6-9-21(10-7-15)13(2)22/h3-4,11,15H,5-10H2,1-2H3,(H,19,23). The Kier molecular flexibility index (Phi) is 4.83. The first-order valence-corrected chi connectivity index (χ1v) is 8.42. The van der Waals surface area contributed by atoms with Gasteiger partial charge in [-0.25, -0.2) is 4.98 Å². The molecule has 1 saturated heterocycles. The van der Waals surface area contributed by atoms with Crippen LogP contribution in [0, 0.1) is 12.8 Å². The molecule has 0 radical (unpaired) electrons. The van der Waals surface area contributed by atoms with Crippen molar-refractivity contribution in [1.82, 2.24) is 15.2 Å². The number of rotatable bonds is 4. The smallest absolute Gasteiger partial charge is 0.223 e. The second-order valence-corrected chi connectivity index (χ2v) is 6.36. The Morgan fingerprint density at radius 1 is 1.33 bits per heavy atom. The summed E-state index contributed by atoms with van der Waals surface area (Å²) in [5, 5.41) is 3.01. The number of oxazole rings is 1. The van der Waals surface area contributed by atoms with Gasteiger partial charge in [-0.2, -0.15) is 0 Å². The minimum atomic E-state index is 0.0139. The van der Waals surface area contributed by atoms with E-state index in [4.69, 9.17) is 4.42 Å². The molecule has 0 aliphatic carbocycles. The Morgan fingerprint density at radius 3 is 2.79 bits per heavy atom. The van der Waals surface area contributed by atoms with Crippen LogP contribution in [0.2, 0.25) is 0 Å². The first-order chi connectivity index (χ1) is 11.5. The molecule has 1 aromatic carbocycles. The molecular weight excluding hydrogens is 306 g/mol. The van der Waals surface area contributed by atoms with Gasteiger partial charge < -0.3 is 14.6 Å². The summed E-state index contributed by atoms with van der Waals surface area (Å²) in [5.74, 6) is 0.856. The number of hydrogen-bond acceptors (Lipinski definition) is 4. The summed E-state index contributed by atoms with van der Waals surface area (Å²) in [5.41, 5.74) is 2.76. The second kappa shape index (κ2) is 7.03. The van der Waals surface area contributed by atoms with Crippen LogP contribution in [-0.4, -0.2) is 41.3 Å². The molecule has 128 valence electrons. The quantitative estimate of drug-likeness (QED) is 0.931. The molecule has 1 fully saturated rings. The van der Waals surface area contributed by atoms with E-state index >= 15 is 0 Å². The fraction of sp³-hybridized carbons (Fsp3) is 0.500. The van der Waals surface area contributed by atoms with E-state index in [9.17, 15) is 9.59 Å². The second-order valence-electron chi connectivity index (χ2n) is 6.36. The van der Waals surface area contributed by atoms with Gasteiger partial charge in [-0.05, 0) is 37.0 Å². The van der Waals surface area contributed by atoms with Gasteiger partial charge in [-0.1, -0.05) is 6.07 Å². The molecule has 1 aliphatic heterocycles. The van der Waals surface area contributed by atoms with Crippen molar-refractivity contribution in [3.05, 3.63) is 29.7 Å². The number of nitrogens with one attached hydrogen (secondary N) is 1. The van der Waals surface area contributed by atoms with Gasteiger partial charge in [0.05, 0.1) is 0 Å². The van der Waals surface area contributed by atoms with E-state index in [1.807, 2.05) is 25.1 Å².